The quantitative estimate of drug-likeness (QED) is 0.208. The van der Waals surface area contributed by atoms with E-state index in [1.807, 2.05) is 0 Å². The molecular formula is C21H37ClO2S. The number of thiol groups is 1. The van der Waals surface area contributed by atoms with Crippen molar-refractivity contribution in [2.45, 2.75) is 89.6 Å². The van der Waals surface area contributed by atoms with Crippen LogP contribution in [0.15, 0.2) is 24.3 Å². The number of hydrogen-bond acceptors (Lipinski definition) is 2. The standard InChI is InChI=1S/C21H36O2S.ClH/c1-2-3-4-5-6-7-8-9-10-11-12-19-13-15-20(16-14-19)17-24-18-21(22)23;/h13-16,21-23H,2-12,17-18H2,1H3;1H. The molecule has 0 aromatic heterocycles. The fourth-order valence-corrected chi connectivity index (χ4v) is 3.77. The molecule has 146 valence electrons. The Labute approximate surface area is 165 Å². The van der Waals surface area contributed by atoms with E-state index in [9.17, 15) is 0 Å². The van der Waals surface area contributed by atoms with E-state index in [0.717, 1.165) is 17.5 Å². The summed E-state index contributed by atoms with van der Waals surface area (Å²) in [6, 6.07) is 8.83. The molecule has 1 rings (SSSR count). The summed E-state index contributed by atoms with van der Waals surface area (Å²) in [7, 11) is 0. The van der Waals surface area contributed by atoms with Crippen LogP contribution < -0.4 is 12.4 Å². The lowest BCUT2D eigenvalue weighted by molar-refractivity contribution is -0.0188. The Balaban J connectivity index is 0.00000576. The smallest absolute Gasteiger partial charge is 0.197 e. The molecule has 0 fully saturated rings. The Morgan fingerprint density at radius 2 is 1.24 bits per heavy atom. The molecular weight excluding hydrogens is 352 g/mol. The molecule has 0 saturated heterocycles. The van der Waals surface area contributed by atoms with Gasteiger partial charge in [0.1, 0.15) is 5.75 Å². The lowest BCUT2D eigenvalue weighted by Crippen LogP contribution is -3.00. The van der Waals surface area contributed by atoms with Crippen LogP contribution in [0, 0.1) is 0 Å². The van der Waals surface area contributed by atoms with Gasteiger partial charge in [-0.05, 0) is 30.2 Å². The molecule has 0 saturated carbocycles. The molecule has 0 radical (unpaired) electrons. The van der Waals surface area contributed by atoms with Gasteiger partial charge < -0.3 is 22.6 Å². The van der Waals surface area contributed by atoms with Gasteiger partial charge >= 0.3 is 0 Å². The summed E-state index contributed by atoms with van der Waals surface area (Å²) >= 11 is 1.07. The van der Waals surface area contributed by atoms with Crippen molar-refractivity contribution >= 4 is 11.8 Å². The van der Waals surface area contributed by atoms with Crippen molar-refractivity contribution in [2.75, 3.05) is 5.75 Å². The predicted molar refractivity (Wildman–Crippen MR) is 108 cm³/mol. The topological polar surface area (TPSA) is 40.5 Å². The van der Waals surface area contributed by atoms with Gasteiger partial charge in [-0.15, -0.1) is 0 Å². The van der Waals surface area contributed by atoms with Gasteiger partial charge in [0.25, 0.3) is 0 Å². The molecule has 0 spiro atoms. The molecule has 1 aromatic carbocycles. The molecule has 0 heterocycles. The number of unbranched alkanes of at least 4 members (excludes halogenated alkanes) is 9. The van der Waals surface area contributed by atoms with Crippen LogP contribution in [-0.4, -0.2) is 22.3 Å². The highest BCUT2D eigenvalue weighted by Gasteiger charge is 2.05. The Bertz CT molecular complexity index is 395. The Morgan fingerprint density at radius 3 is 1.76 bits per heavy atom. The molecule has 0 amide bonds. The Hall–Kier alpha value is -0.220. The highest BCUT2D eigenvalue weighted by molar-refractivity contribution is 7.77. The number of aliphatic hydroxyl groups excluding tert-OH is 1. The fraction of sp³-hybridized carbons (Fsp3) is 0.714. The first kappa shape index (κ1) is 24.8. The van der Waals surface area contributed by atoms with Crippen molar-refractivity contribution in [1.29, 1.82) is 0 Å². The number of halogens is 1. The zero-order valence-corrected chi connectivity index (χ0v) is 17.4. The van der Waals surface area contributed by atoms with Crippen molar-refractivity contribution < 1.29 is 22.6 Å². The third kappa shape index (κ3) is 14.6. The summed E-state index contributed by atoms with van der Waals surface area (Å²) in [6.45, 7) is 2.27. The van der Waals surface area contributed by atoms with Crippen LogP contribution in [0.25, 0.3) is 0 Å². The molecule has 2 nitrogen and oxygen atoms in total. The van der Waals surface area contributed by atoms with Crippen LogP contribution >= 0.6 is 0 Å². The molecule has 0 aliphatic carbocycles. The van der Waals surface area contributed by atoms with Crippen LogP contribution in [-0.2, 0) is 23.9 Å². The molecule has 0 bridgehead atoms. The maximum atomic E-state index is 8.85. The minimum atomic E-state index is -1.18. The largest absolute Gasteiger partial charge is 1.00 e. The summed E-state index contributed by atoms with van der Waals surface area (Å²) in [4.78, 5) is 0. The maximum Gasteiger partial charge on any atom is 0.197 e. The third-order valence-corrected chi connectivity index (χ3v) is 5.60. The average molecular weight is 389 g/mol. The summed E-state index contributed by atoms with van der Waals surface area (Å²) in [5.41, 5.74) is 2.71. The Kier molecular flexibility index (Phi) is 17.1. The van der Waals surface area contributed by atoms with E-state index < -0.39 is 6.29 Å². The van der Waals surface area contributed by atoms with Crippen molar-refractivity contribution in [3.05, 3.63) is 35.4 Å². The zero-order valence-electron chi connectivity index (χ0n) is 15.8. The van der Waals surface area contributed by atoms with Gasteiger partial charge in [-0.2, -0.15) is 0 Å². The van der Waals surface area contributed by atoms with Gasteiger partial charge in [-0.25, -0.2) is 0 Å². The predicted octanol–water partition coefficient (Wildman–Crippen LogP) is 1.78. The van der Waals surface area contributed by atoms with Crippen LogP contribution in [0.4, 0.5) is 0 Å². The van der Waals surface area contributed by atoms with Gasteiger partial charge in [0.15, 0.2) is 12.0 Å². The van der Waals surface area contributed by atoms with Crippen molar-refractivity contribution in [1.82, 2.24) is 0 Å². The third-order valence-electron chi connectivity index (χ3n) is 4.43. The second-order valence-corrected chi connectivity index (χ2v) is 7.92. The van der Waals surface area contributed by atoms with Crippen LogP contribution in [0.2, 0.25) is 0 Å². The van der Waals surface area contributed by atoms with Crippen molar-refractivity contribution in [2.24, 2.45) is 0 Å². The first-order chi connectivity index (χ1) is 11.7. The van der Waals surface area contributed by atoms with Gasteiger partial charge in [0.2, 0.25) is 0 Å². The highest BCUT2D eigenvalue weighted by Crippen LogP contribution is 2.13. The zero-order chi connectivity index (χ0) is 17.5. The molecule has 4 heteroatoms. The van der Waals surface area contributed by atoms with Gasteiger partial charge in [-0.3, -0.25) is 0 Å². The van der Waals surface area contributed by atoms with E-state index in [2.05, 4.69) is 31.2 Å². The number of aryl methyl sites for hydroxylation is 1. The van der Waals surface area contributed by atoms with Crippen molar-refractivity contribution in [3.8, 4) is 0 Å². The van der Waals surface area contributed by atoms with Crippen LogP contribution in [0.3, 0.4) is 0 Å². The van der Waals surface area contributed by atoms with E-state index in [4.69, 9.17) is 10.2 Å². The number of rotatable bonds is 15. The molecule has 0 aliphatic rings. The summed E-state index contributed by atoms with van der Waals surface area (Å²) < 4.78 is 0. The lowest BCUT2D eigenvalue weighted by Gasteiger charge is -2.04. The van der Waals surface area contributed by atoms with E-state index in [1.165, 1.54) is 81.8 Å². The second kappa shape index (κ2) is 17.2. The van der Waals surface area contributed by atoms with E-state index in [0.29, 0.717) is 5.75 Å². The van der Waals surface area contributed by atoms with Gasteiger partial charge in [0.05, 0.1) is 0 Å². The number of benzene rings is 1. The molecule has 2 N–H and O–H groups in total. The van der Waals surface area contributed by atoms with Crippen LogP contribution in [0.1, 0.15) is 82.3 Å². The molecule has 0 aliphatic heterocycles. The summed E-state index contributed by atoms with van der Waals surface area (Å²) in [5, 5.41) is 17.7. The van der Waals surface area contributed by atoms with E-state index in [1.54, 1.807) is 0 Å². The van der Waals surface area contributed by atoms with E-state index >= 15 is 0 Å². The second-order valence-electron chi connectivity index (χ2n) is 6.79. The van der Waals surface area contributed by atoms with Gasteiger partial charge in [-0.1, -0.05) is 89.0 Å². The summed E-state index contributed by atoms with van der Waals surface area (Å²) in [6.07, 6.45) is 13.9. The van der Waals surface area contributed by atoms with Crippen molar-refractivity contribution in [3.63, 3.8) is 0 Å². The van der Waals surface area contributed by atoms with E-state index in [-0.39, 0.29) is 12.4 Å². The number of hydrogen-bond donors (Lipinski definition) is 2. The van der Waals surface area contributed by atoms with Crippen LogP contribution in [0.5, 0.6) is 0 Å². The molecule has 25 heavy (non-hydrogen) atoms. The highest BCUT2D eigenvalue weighted by atomic mass is 35.5. The minimum Gasteiger partial charge on any atom is -1.00 e. The molecule has 1 aromatic rings. The fourth-order valence-electron chi connectivity index (χ4n) is 2.94. The Morgan fingerprint density at radius 1 is 0.760 bits per heavy atom. The SMILES string of the molecule is CCCCCCCCCCCCc1ccc(C[SH+]CC(O)O)cc1.[Cl-]. The normalized spacial score (nSPS) is 10.9. The lowest BCUT2D eigenvalue weighted by atomic mass is 10.0. The monoisotopic (exact) mass is 388 g/mol. The first-order valence-electron chi connectivity index (χ1n) is 9.79. The maximum absolute atomic E-state index is 8.85. The minimum absolute atomic E-state index is 0. The molecule has 0 unspecified atom stereocenters. The first-order valence-corrected chi connectivity index (χ1v) is 11.1. The molecule has 0 atom stereocenters. The number of aliphatic hydroxyl groups is 2. The summed E-state index contributed by atoms with van der Waals surface area (Å²) in [5.74, 6) is 1.33. The average Bonchev–Trinajstić information content (AvgIpc) is 2.57. The van der Waals surface area contributed by atoms with Gasteiger partial charge in [0, 0.05) is 5.56 Å².